The molecule has 0 radical (unpaired) electrons. The number of benzene rings is 2. The summed E-state index contributed by atoms with van der Waals surface area (Å²) in [5, 5.41) is 18.0. The minimum absolute atomic E-state index is 0.00673. The molecule has 9 nitrogen and oxygen atoms in total. The first kappa shape index (κ1) is 22.3. The molecule has 2 aromatic carbocycles. The van der Waals surface area contributed by atoms with Crippen molar-refractivity contribution >= 4 is 22.1 Å². The van der Waals surface area contributed by atoms with Gasteiger partial charge in [0.15, 0.2) is 0 Å². The van der Waals surface area contributed by atoms with E-state index in [2.05, 4.69) is 0 Å². The summed E-state index contributed by atoms with van der Waals surface area (Å²) in [6, 6.07) is 9.86. The molecule has 0 bridgehead atoms. The highest BCUT2D eigenvalue weighted by atomic mass is 32.2. The van der Waals surface area contributed by atoms with Gasteiger partial charge in [-0.1, -0.05) is 17.7 Å². The quantitative estimate of drug-likeness (QED) is 0.411. The Morgan fingerprint density at radius 3 is 2.10 bits per heavy atom. The molecule has 0 saturated carbocycles. The number of carboxylic acid groups (broad SMARTS) is 2. The van der Waals surface area contributed by atoms with E-state index in [9.17, 15) is 18.0 Å². The molecule has 2 aromatic rings. The van der Waals surface area contributed by atoms with E-state index < -0.39 is 22.1 Å². The van der Waals surface area contributed by atoms with Crippen LogP contribution in [0.1, 0.15) is 26.3 Å². The standard InChI is InChI=1S/C19H20O9S/c1-13-2-5-15(6-3-13)29(24,25)28-11-9-26-8-10-27-14-4-7-16(18(20)21)17(12-14)19(22)23/h2-7,12H,8-11H2,1H3,(H,20,21)(H,22,23). The van der Waals surface area contributed by atoms with E-state index in [0.717, 1.165) is 17.7 Å². The smallest absolute Gasteiger partial charge is 0.336 e. The van der Waals surface area contributed by atoms with Crippen molar-refractivity contribution in [1.82, 2.24) is 0 Å². The van der Waals surface area contributed by atoms with Gasteiger partial charge in [-0.2, -0.15) is 8.42 Å². The van der Waals surface area contributed by atoms with Crippen LogP contribution >= 0.6 is 0 Å². The number of aromatic carboxylic acids is 2. The summed E-state index contributed by atoms with van der Waals surface area (Å²) in [4.78, 5) is 22.2. The average Bonchev–Trinajstić information content (AvgIpc) is 2.67. The van der Waals surface area contributed by atoms with Crippen LogP contribution < -0.4 is 4.74 Å². The Labute approximate surface area is 167 Å². The van der Waals surface area contributed by atoms with Gasteiger partial charge in [0.05, 0.1) is 35.8 Å². The first-order valence-corrected chi connectivity index (χ1v) is 9.89. The molecular weight excluding hydrogens is 404 g/mol. The minimum atomic E-state index is -3.85. The predicted molar refractivity (Wildman–Crippen MR) is 101 cm³/mol. The van der Waals surface area contributed by atoms with Crippen molar-refractivity contribution in [3.05, 3.63) is 59.2 Å². The maximum Gasteiger partial charge on any atom is 0.336 e. The molecule has 156 valence electrons. The SMILES string of the molecule is Cc1ccc(S(=O)(=O)OCCOCCOc2ccc(C(=O)O)c(C(=O)O)c2)cc1. The second-order valence-electron chi connectivity index (χ2n) is 5.87. The highest BCUT2D eigenvalue weighted by Gasteiger charge is 2.17. The van der Waals surface area contributed by atoms with E-state index in [1.807, 2.05) is 6.92 Å². The largest absolute Gasteiger partial charge is 0.491 e. The summed E-state index contributed by atoms with van der Waals surface area (Å²) >= 11 is 0. The molecule has 0 heterocycles. The van der Waals surface area contributed by atoms with Gasteiger partial charge in [0.25, 0.3) is 10.1 Å². The van der Waals surface area contributed by atoms with Crippen LogP contribution in [0.3, 0.4) is 0 Å². The first-order valence-electron chi connectivity index (χ1n) is 8.48. The molecule has 0 atom stereocenters. The summed E-state index contributed by atoms with van der Waals surface area (Å²) in [5.74, 6) is -2.55. The zero-order valence-electron chi connectivity index (χ0n) is 15.5. The monoisotopic (exact) mass is 424 g/mol. The van der Waals surface area contributed by atoms with Gasteiger partial charge in [0, 0.05) is 0 Å². The van der Waals surface area contributed by atoms with Gasteiger partial charge in [0.1, 0.15) is 12.4 Å². The molecule has 0 aliphatic carbocycles. The second kappa shape index (κ2) is 10.0. The lowest BCUT2D eigenvalue weighted by molar-refractivity contribution is 0.0650. The van der Waals surface area contributed by atoms with Crippen molar-refractivity contribution in [2.75, 3.05) is 26.4 Å². The van der Waals surface area contributed by atoms with Gasteiger partial charge in [-0.15, -0.1) is 0 Å². The first-order chi connectivity index (χ1) is 13.7. The maximum atomic E-state index is 12.0. The van der Waals surface area contributed by atoms with Gasteiger partial charge in [-0.25, -0.2) is 9.59 Å². The third-order valence-electron chi connectivity index (χ3n) is 3.72. The molecule has 0 unspecified atom stereocenters. The molecule has 0 amide bonds. The highest BCUT2D eigenvalue weighted by molar-refractivity contribution is 7.86. The zero-order valence-corrected chi connectivity index (χ0v) is 16.3. The van der Waals surface area contributed by atoms with Crippen LogP contribution in [0.15, 0.2) is 47.4 Å². The third-order valence-corrected chi connectivity index (χ3v) is 5.05. The van der Waals surface area contributed by atoms with Gasteiger partial charge >= 0.3 is 11.9 Å². The van der Waals surface area contributed by atoms with Gasteiger partial charge in [-0.05, 0) is 37.3 Å². The molecule has 0 aliphatic rings. The topological polar surface area (TPSA) is 136 Å². The second-order valence-corrected chi connectivity index (χ2v) is 7.48. The molecule has 2 rings (SSSR count). The Kier molecular flexibility index (Phi) is 7.71. The van der Waals surface area contributed by atoms with Crippen molar-refractivity contribution in [2.24, 2.45) is 0 Å². The van der Waals surface area contributed by atoms with Crippen molar-refractivity contribution in [1.29, 1.82) is 0 Å². The summed E-state index contributed by atoms with van der Waals surface area (Å²) in [6.07, 6.45) is 0. The van der Waals surface area contributed by atoms with E-state index in [-0.39, 0.29) is 48.2 Å². The van der Waals surface area contributed by atoms with Crippen LogP contribution in [0.2, 0.25) is 0 Å². The Balaban J connectivity index is 1.73. The highest BCUT2D eigenvalue weighted by Crippen LogP contribution is 2.18. The fourth-order valence-corrected chi connectivity index (χ4v) is 3.17. The number of hydrogen-bond donors (Lipinski definition) is 2. The van der Waals surface area contributed by atoms with Crippen LogP contribution in [0.25, 0.3) is 0 Å². The summed E-state index contributed by atoms with van der Waals surface area (Å²) < 4.78 is 39.4. The number of rotatable bonds is 11. The van der Waals surface area contributed by atoms with E-state index >= 15 is 0 Å². The van der Waals surface area contributed by atoms with Gasteiger partial charge in [-0.3, -0.25) is 4.18 Å². The van der Waals surface area contributed by atoms with E-state index in [1.165, 1.54) is 18.2 Å². The number of carboxylic acids is 2. The van der Waals surface area contributed by atoms with E-state index in [1.54, 1.807) is 12.1 Å². The molecule has 2 N–H and O–H groups in total. The lowest BCUT2D eigenvalue weighted by Crippen LogP contribution is -2.14. The van der Waals surface area contributed by atoms with Crippen LogP contribution in [0.4, 0.5) is 0 Å². The van der Waals surface area contributed by atoms with E-state index in [0.29, 0.717) is 0 Å². The number of carbonyl (C=O) groups is 2. The predicted octanol–water partition coefficient (Wildman–Crippen LogP) is 2.19. The Morgan fingerprint density at radius 2 is 1.48 bits per heavy atom. The lowest BCUT2D eigenvalue weighted by Gasteiger charge is -2.09. The molecular formula is C19H20O9S. The van der Waals surface area contributed by atoms with Crippen LogP contribution in [-0.4, -0.2) is 57.0 Å². The van der Waals surface area contributed by atoms with Crippen LogP contribution in [0, 0.1) is 6.92 Å². The van der Waals surface area contributed by atoms with Crippen molar-refractivity contribution in [3.8, 4) is 5.75 Å². The molecule has 0 aromatic heterocycles. The van der Waals surface area contributed by atoms with Gasteiger partial charge in [0.2, 0.25) is 0 Å². The normalized spacial score (nSPS) is 11.2. The maximum absolute atomic E-state index is 12.0. The fourth-order valence-electron chi connectivity index (χ4n) is 2.27. The molecule has 0 fully saturated rings. The molecule has 0 saturated heterocycles. The lowest BCUT2D eigenvalue weighted by atomic mass is 10.1. The summed E-state index contributed by atoms with van der Waals surface area (Å²) in [6.45, 7) is 1.82. The van der Waals surface area contributed by atoms with Crippen LogP contribution in [-0.2, 0) is 19.0 Å². The minimum Gasteiger partial charge on any atom is -0.491 e. The average molecular weight is 424 g/mol. The third kappa shape index (κ3) is 6.56. The summed E-state index contributed by atoms with van der Waals surface area (Å²) in [7, 11) is -3.85. The van der Waals surface area contributed by atoms with Crippen LogP contribution in [0.5, 0.6) is 5.75 Å². The number of ether oxygens (including phenoxy) is 2. The fraction of sp³-hybridized carbons (Fsp3) is 0.263. The molecule has 29 heavy (non-hydrogen) atoms. The van der Waals surface area contributed by atoms with Crippen molar-refractivity contribution < 1.29 is 41.9 Å². The Hall–Kier alpha value is -2.95. The van der Waals surface area contributed by atoms with Crippen molar-refractivity contribution in [2.45, 2.75) is 11.8 Å². The van der Waals surface area contributed by atoms with Gasteiger partial charge < -0.3 is 19.7 Å². The Morgan fingerprint density at radius 1 is 0.862 bits per heavy atom. The molecule has 0 aliphatic heterocycles. The zero-order chi connectivity index (χ0) is 21.4. The molecule has 10 heteroatoms. The number of aryl methyl sites for hydroxylation is 1. The van der Waals surface area contributed by atoms with Crippen molar-refractivity contribution in [3.63, 3.8) is 0 Å². The number of hydrogen-bond acceptors (Lipinski definition) is 7. The Bertz CT molecular complexity index is 966. The molecule has 0 spiro atoms. The van der Waals surface area contributed by atoms with E-state index in [4.69, 9.17) is 23.9 Å². The summed E-state index contributed by atoms with van der Waals surface area (Å²) in [5.41, 5.74) is 0.207.